The van der Waals surface area contributed by atoms with Crippen LogP contribution in [0.5, 0.6) is 5.75 Å². The van der Waals surface area contributed by atoms with E-state index >= 15 is 0 Å². The quantitative estimate of drug-likeness (QED) is 0.438. The van der Waals surface area contributed by atoms with E-state index < -0.39 is 5.97 Å². The molecule has 39 heavy (non-hydrogen) atoms. The number of rotatable bonds is 6. The monoisotopic (exact) mass is 529 g/mol. The van der Waals surface area contributed by atoms with Crippen LogP contribution in [-0.2, 0) is 17.8 Å². The number of benzene rings is 3. The van der Waals surface area contributed by atoms with Gasteiger partial charge in [0.1, 0.15) is 5.75 Å². The molecule has 2 heterocycles. The maximum atomic E-state index is 12.7. The van der Waals surface area contributed by atoms with E-state index in [4.69, 9.17) is 5.11 Å². The highest BCUT2D eigenvalue weighted by atomic mass is 16.4. The van der Waals surface area contributed by atoms with Crippen molar-refractivity contribution in [3.8, 4) is 5.75 Å². The van der Waals surface area contributed by atoms with Crippen molar-refractivity contribution in [2.75, 3.05) is 32.7 Å². The molecule has 2 saturated heterocycles. The molecule has 3 aromatic rings. The van der Waals surface area contributed by atoms with Crippen molar-refractivity contribution in [1.29, 1.82) is 0 Å². The smallest absolute Gasteiger partial charge is 0.306 e. The number of carbonyl (C=O) groups excluding carboxylic acids is 1. The zero-order chi connectivity index (χ0) is 27.6. The molecule has 2 aliphatic rings. The van der Waals surface area contributed by atoms with E-state index in [-0.39, 0.29) is 17.6 Å². The average Bonchev–Trinajstić information content (AvgIpc) is 2.94. The number of nitrogens with one attached hydrogen (secondary N) is 1. The molecule has 0 spiro atoms. The van der Waals surface area contributed by atoms with Crippen molar-refractivity contribution in [3.05, 3.63) is 101 Å². The lowest BCUT2D eigenvalue weighted by atomic mass is 9.96. The summed E-state index contributed by atoms with van der Waals surface area (Å²) in [5, 5.41) is 22.1. The fraction of sp³-hybridized carbons (Fsp3) is 0.375. The van der Waals surface area contributed by atoms with E-state index in [1.54, 1.807) is 29.2 Å². The van der Waals surface area contributed by atoms with Gasteiger partial charge in [0.25, 0.3) is 5.91 Å². The van der Waals surface area contributed by atoms with E-state index in [2.05, 4.69) is 47.5 Å². The van der Waals surface area contributed by atoms with Crippen molar-refractivity contribution in [3.63, 3.8) is 0 Å². The minimum atomic E-state index is -0.778. The molecule has 0 radical (unpaired) electrons. The molecule has 0 aromatic heterocycles. The molecule has 0 bridgehead atoms. The van der Waals surface area contributed by atoms with Crippen LogP contribution in [0.25, 0.3) is 0 Å². The normalized spacial score (nSPS) is 18.2. The molecule has 0 saturated carbocycles. The Morgan fingerprint density at radius 3 is 2.21 bits per heavy atom. The predicted octanol–water partition coefficient (Wildman–Crippen LogP) is 4.40. The molecule has 0 aliphatic carbocycles. The Balaban J connectivity index is 0.000000212. The number of amides is 1. The van der Waals surface area contributed by atoms with E-state index in [0.717, 1.165) is 30.8 Å². The van der Waals surface area contributed by atoms with Gasteiger partial charge in [-0.1, -0.05) is 54.6 Å². The summed E-state index contributed by atoms with van der Waals surface area (Å²) in [6, 6.07) is 25.9. The van der Waals surface area contributed by atoms with Gasteiger partial charge in [0.15, 0.2) is 0 Å². The van der Waals surface area contributed by atoms with Gasteiger partial charge in [-0.25, -0.2) is 0 Å². The van der Waals surface area contributed by atoms with Gasteiger partial charge in [0.2, 0.25) is 0 Å². The molecule has 3 N–H and O–H groups in total. The van der Waals surface area contributed by atoms with Crippen molar-refractivity contribution >= 4 is 11.9 Å². The van der Waals surface area contributed by atoms with E-state index in [1.807, 2.05) is 24.3 Å². The Labute approximate surface area is 231 Å². The molecular weight excluding hydrogens is 490 g/mol. The second-order valence-corrected chi connectivity index (χ2v) is 10.5. The number of aromatic hydroxyl groups is 1. The number of hydrogen-bond donors (Lipinski definition) is 3. The Morgan fingerprint density at radius 2 is 1.54 bits per heavy atom. The van der Waals surface area contributed by atoms with E-state index in [1.165, 1.54) is 12.1 Å². The number of carbonyl (C=O) groups is 2. The highest BCUT2D eigenvalue weighted by Crippen LogP contribution is 2.21. The minimum Gasteiger partial charge on any atom is -0.508 e. The lowest BCUT2D eigenvalue weighted by molar-refractivity contribution is -0.143. The summed E-state index contributed by atoms with van der Waals surface area (Å²) in [5.74, 6) is -0.950. The van der Waals surface area contributed by atoms with Crippen molar-refractivity contribution in [1.82, 2.24) is 15.1 Å². The highest BCUT2D eigenvalue weighted by molar-refractivity contribution is 5.94. The van der Waals surface area contributed by atoms with Crippen LogP contribution in [0.3, 0.4) is 0 Å². The largest absolute Gasteiger partial charge is 0.508 e. The molecule has 1 amide bonds. The molecule has 5 rings (SSSR count). The summed E-state index contributed by atoms with van der Waals surface area (Å²) in [5.41, 5.74) is 4.01. The van der Waals surface area contributed by atoms with Crippen molar-refractivity contribution in [2.45, 2.75) is 38.8 Å². The van der Waals surface area contributed by atoms with Gasteiger partial charge in [0.05, 0.1) is 5.92 Å². The fourth-order valence-corrected chi connectivity index (χ4v) is 5.23. The van der Waals surface area contributed by atoms with Gasteiger partial charge in [0, 0.05) is 50.9 Å². The minimum absolute atomic E-state index is 0.0541. The second-order valence-electron chi connectivity index (χ2n) is 10.5. The van der Waals surface area contributed by atoms with Crippen molar-refractivity contribution < 1.29 is 19.8 Å². The Morgan fingerprint density at radius 1 is 0.872 bits per heavy atom. The molecule has 2 fully saturated rings. The zero-order valence-corrected chi connectivity index (χ0v) is 22.6. The first-order chi connectivity index (χ1) is 18.9. The Bertz CT molecular complexity index is 1220. The number of phenols is 1. The van der Waals surface area contributed by atoms with Gasteiger partial charge < -0.3 is 20.4 Å². The van der Waals surface area contributed by atoms with Crippen LogP contribution >= 0.6 is 0 Å². The number of aliphatic carboxylic acids is 1. The van der Waals surface area contributed by atoms with Gasteiger partial charge in [-0.05, 0) is 67.1 Å². The topological polar surface area (TPSA) is 93.1 Å². The molecule has 3 aromatic carbocycles. The number of hydrogen-bond acceptors (Lipinski definition) is 5. The standard InChI is InChI=1S/C20H21NO4.C12H18N2/c22-18-6-2-4-15(13-18)11-14-3-1-5-17(12-14)19(23)21-9-7-16(8-10-21)20(24)25;1-11-9-14(8-7-13-11)10-12-5-3-2-4-6-12/h1-6,12-13,16,22H,7-11H2,(H,24,25);2-6,11,13H,7-10H2,1H3. The number of likely N-dealkylation sites (tertiary alicyclic amines) is 1. The number of nitrogens with zero attached hydrogens (tertiary/aromatic N) is 2. The second kappa shape index (κ2) is 13.9. The molecule has 7 heteroatoms. The lowest BCUT2D eigenvalue weighted by Gasteiger charge is -2.31. The molecule has 1 atom stereocenters. The molecule has 2 aliphatic heterocycles. The van der Waals surface area contributed by atoms with Gasteiger partial charge in [-0.15, -0.1) is 0 Å². The van der Waals surface area contributed by atoms with Gasteiger partial charge >= 0.3 is 5.97 Å². The number of piperazine rings is 1. The van der Waals surface area contributed by atoms with Gasteiger partial charge in [-0.2, -0.15) is 0 Å². The predicted molar refractivity (Wildman–Crippen MR) is 153 cm³/mol. The molecule has 7 nitrogen and oxygen atoms in total. The SMILES string of the molecule is CC1CN(Cc2ccccc2)CCN1.O=C(O)C1CCN(C(=O)c2cccc(Cc3cccc(O)c3)c2)CC1. The summed E-state index contributed by atoms with van der Waals surface area (Å²) in [6.07, 6.45) is 1.64. The summed E-state index contributed by atoms with van der Waals surface area (Å²) in [7, 11) is 0. The maximum Gasteiger partial charge on any atom is 0.306 e. The summed E-state index contributed by atoms with van der Waals surface area (Å²) in [4.78, 5) is 27.9. The summed E-state index contributed by atoms with van der Waals surface area (Å²) in [6.45, 7) is 7.74. The zero-order valence-electron chi connectivity index (χ0n) is 22.6. The van der Waals surface area contributed by atoms with Crippen molar-refractivity contribution in [2.24, 2.45) is 5.92 Å². The molecule has 1 unspecified atom stereocenters. The Hall–Kier alpha value is -3.68. The third kappa shape index (κ3) is 8.67. The van der Waals surface area contributed by atoms with Crippen LogP contribution < -0.4 is 5.32 Å². The van der Waals surface area contributed by atoms with Crippen LogP contribution in [0, 0.1) is 5.92 Å². The first-order valence-electron chi connectivity index (χ1n) is 13.8. The number of carboxylic acids is 1. The number of carboxylic acid groups (broad SMARTS) is 1. The Kier molecular flexibility index (Phi) is 10.1. The molecule has 206 valence electrons. The number of piperidine rings is 1. The highest BCUT2D eigenvalue weighted by Gasteiger charge is 2.27. The van der Waals surface area contributed by atoms with Crippen LogP contribution in [0.2, 0.25) is 0 Å². The number of phenolic OH excluding ortho intramolecular Hbond substituents is 1. The van der Waals surface area contributed by atoms with Crippen LogP contribution in [0.1, 0.15) is 46.8 Å². The van der Waals surface area contributed by atoms with Crippen LogP contribution in [0.15, 0.2) is 78.9 Å². The maximum absolute atomic E-state index is 12.7. The first-order valence-corrected chi connectivity index (χ1v) is 13.8. The lowest BCUT2D eigenvalue weighted by Crippen LogP contribution is -2.48. The third-order valence-electron chi connectivity index (χ3n) is 7.33. The average molecular weight is 530 g/mol. The third-order valence-corrected chi connectivity index (χ3v) is 7.33. The molecular formula is C32H39N3O4. The van der Waals surface area contributed by atoms with E-state index in [9.17, 15) is 14.7 Å². The van der Waals surface area contributed by atoms with Gasteiger partial charge in [-0.3, -0.25) is 14.5 Å². The van der Waals surface area contributed by atoms with E-state index in [0.29, 0.717) is 44.0 Å². The van der Waals surface area contributed by atoms with Crippen LogP contribution in [-0.4, -0.2) is 70.7 Å². The van der Waals surface area contributed by atoms with Crippen LogP contribution in [0.4, 0.5) is 0 Å². The summed E-state index contributed by atoms with van der Waals surface area (Å²) >= 11 is 0. The summed E-state index contributed by atoms with van der Waals surface area (Å²) < 4.78 is 0. The fourth-order valence-electron chi connectivity index (χ4n) is 5.23. The first kappa shape index (κ1) is 28.3.